The monoisotopic (exact) mass is 391 g/mol. The molecule has 0 aliphatic carbocycles. The molecule has 0 saturated carbocycles. The molecule has 0 amide bonds. The molecule has 7 heteroatoms. The lowest BCUT2D eigenvalue weighted by Gasteiger charge is -2.24. The third-order valence-corrected chi connectivity index (χ3v) is 7.77. The topological polar surface area (TPSA) is 54.3 Å². The van der Waals surface area contributed by atoms with Gasteiger partial charge in [-0.05, 0) is 44.3 Å². The van der Waals surface area contributed by atoms with Gasteiger partial charge in [-0.1, -0.05) is 25.1 Å². The molecule has 1 N–H and O–H groups in total. The minimum absolute atomic E-state index is 0.0542. The number of rotatable bonds is 7. The molecule has 0 aliphatic rings. The first-order valence-corrected chi connectivity index (χ1v) is 10.9. The van der Waals surface area contributed by atoms with Crippen LogP contribution in [0.15, 0.2) is 46.8 Å². The molecule has 0 aliphatic heterocycles. The van der Waals surface area contributed by atoms with Crippen molar-refractivity contribution in [1.29, 1.82) is 0 Å². The molecule has 1 atom stereocenters. The van der Waals surface area contributed by atoms with Crippen molar-refractivity contribution in [1.82, 2.24) is 14.2 Å². The number of nitrogens with one attached hydrogen (secondary N) is 1. The maximum atomic E-state index is 12.7. The second-order valence-electron chi connectivity index (χ2n) is 6.62. The van der Waals surface area contributed by atoms with Gasteiger partial charge in [0.15, 0.2) is 0 Å². The average molecular weight is 392 g/mol. The summed E-state index contributed by atoms with van der Waals surface area (Å²) in [5.74, 6) is 0. The molecule has 0 spiro atoms. The predicted molar refractivity (Wildman–Crippen MR) is 108 cm³/mol. The number of para-hydroxylation sites is 1. The lowest BCUT2D eigenvalue weighted by Crippen LogP contribution is -2.34. The molecular formula is C19H25N3O2S2. The van der Waals surface area contributed by atoms with Crippen LogP contribution in [0.5, 0.6) is 0 Å². The number of aromatic nitrogens is 1. The fraction of sp³-hybridized carbons (Fsp3) is 0.368. The van der Waals surface area contributed by atoms with Crippen LogP contribution in [0, 0.1) is 0 Å². The molecule has 5 nitrogen and oxygen atoms in total. The van der Waals surface area contributed by atoms with Crippen molar-refractivity contribution in [3.05, 3.63) is 53.0 Å². The van der Waals surface area contributed by atoms with E-state index < -0.39 is 10.0 Å². The van der Waals surface area contributed by atoms with Gasteiger partial charge in [0.2, 0.25) is 10.0 Å². The third kappa shape index (κ3) is 3.71. The number of benzene rings is 1. The highest BCUT2D eigenvalue weighted by atomic mass is 32.2. The van der Waals surface area contributed by atoms with E-state index in [0.717, 1.165) is 27.8 Å². The zero-order valence-electron chi connectivity index (χ0n) is 15.6. The van der Waals surface area contributed by atoms with Crippen molar-refractivity contribution in [2.75, 3.05) is 20.6 Å². The van der Waals surface area contributed by atoms with Crippen molar-refractivity contribution in [3.63, 3.8) is 0 Å². The molecule has 3 aromatic rings. The number of likely N-dealkylation sites (N-methyl/N-ethyl adjacent to an activating group) is 1. The zero-order chi connectivity index (χ0) is 18.9. The number of hydrogen-bond acceptors (Lipinski definition) is 4. The molecule has 1 unspecified atom stereocenters. The van der Waals surface area contributed by atoms with Gasteiger partial charge in [-0.25, -0.2) is 13.1 Å². The van der Waals surface area contributed by atoms with Gasteiger partial charge in [0.25, 0.3) is 0 Å². The van der Waals surface area contributed by atoms with Crippen LogP contribution in [0.25, 0.3) is 10.9 Å². The molecule has 1 aromatic carbocycles. The van der Waals surface area contributed by atoms with E-state index in [-0.39, 0.29) is 6.04 Å². The quantitative estimate of drug-likeness (QED) is 0.672. The molecule has 2 heterocycles. The molecule has 0 fully saturated rings. The minimum Gasteiger partial charge on any atom is -0.350 e. The van der Waals surface area contributed by atoms with Crippen molar-refractivity contribution in [2.24, 2.45) is 7.05 Å². The fourth-order valence-electron chi connectivity index (χ4n) is 3.16. The van der Waals surface area contributed by atoms with E-state index in [1.54, 1.807) is 6.07 Å². The highest BCUT2D eigenvalue weighted by Gasteiger charge is 2.23. The standard InChI is InChI=1S/C19H25N3O2S2/c1-5-14-10-11-19(25-14)26(23,24)20-12-18(21(2)3)16-13-22(4)17-9-7-6-8-15(16)17/h6-11,13,18,20H,5,12H2,1-4H3. The van der Waals surface area contributed by atoms with Gasteiger partial charge in [0, 0.05) is 41.6 Å². The molecule has 3 rings (SSSR count). The van der Waals surface area contributed by atoms with E-state index in [4.69, 9.17) is 0 Å². The Hall–Kier alpha value is -1.67. The summed E-state index contributed by atoms with van der Waals surface area (Å²) in [4.78, 5) is 3.12. The van der Waals surface area contributed by atoms with Gasteiger partial charge in [-0.3, -0.25) is 0 Å². The van der Waals surface area contributed by atoms with Crippen molar-refractivity contribution in [2.45, 2.75) is 23.6 Å². The Morgan fingerprint density at radius 3 is 2.58 bits per heavy atom. The SMILES string of the molecule is CCc1ccc(S(=O)(=O)NCC(c2cn(C)c3ccccc23)N(C)C)s1. The first-order chi connectivity index (χ1) is 12.3. The number of thiophene rings is 1. The Balaban J connectivity index is 1.87. The normalized spacial score (nSPS) is 13.6. The molecule has 0 saturated heterocycles. The average Bonchev–Trinajstić information content (AvgIpc) is 3.21. The van der Waals surface area contributed by atoms with Gasteiger partial charge in [-0.15, -0.1) is 11.3 Å². The smallest absolute Gasteiger partial charge is 0.250 e. The van der Waals surface area contributed by atoms with Crippen molar-refractivity contribution in [3.8, 4) is 0 Å². The van der Waals surface area contributed by atoms with E-state index >= 15 is 0 Å². The minimum atomic E-state index is -3.50. The van der Waals surface area contributed by atoms with Crippen LogP contribution >= 0.6 is 11.3 Å². The molecular weight excluding hydrogens is 366 g/mol. The van der Waals surface area contributed by atoms with Gasteiger partial charge < -0.3 is 9.47 Å². The van der Waals surface area contributed by atoms with Crippen LogP contribution in [0.3, 0.4) is 0 Å². The first-order valence-electron chi connectivity index (χ1n) is 8.62. The molecule has 2 aromatic heterocycles. The summed E-state index contributed by atoms with van der Waals surface area (Å²) in [6.45, 7) is 2.35. The Morgan fingerprint density at radius 2 is 1.92 bits per heavy atom. The van der Waals surface area contributed by atoms with Gasteiger partial charge in [0.1, 0.15) is 4.21 Å². The summed E-state index contributed by atoms with van der Waals surface area (Å²) in [6, 6.07) is 11.7. The second kappa shape index (κ2) is 7.52. The predicted octanol–water partition coefficient (Wildman–Crippen LogP) is 3.38. The number of sulfonamides is 1. The van der Waals surface area contributed by atoms with Crippen LogP contribution in [0.2, 0.25) is 0 Å². The number of aryl methyl sites for hydroxylation is 2. The van der Waals surface area contributed by atoms with Gasteiger partial charge in [0.05, 0.1) is 0 Å². The molecule has 0 radical (unpaired) electrons. The van der Waals surface area contributed by atoms with Gasteiger partial charge >= 0.3 is 0 Å². The Bertz CT molecular complexity index is 1000. The maximum Gasteiger partial charge on any atom is 0.250 e. The molecule has 26 heavy (non-hydrogen) atoms. The van der Waals surface area contributed by atoms with E-state index in [0.29, 0.717) is 10.8 Å². The van der Waals surface area contributed by atoms with Crippen LogP contribution in [0.1, 0.15) is 23.4 Å². The lowest BCUT2D eigenvalue weighted by molar-refractivity contribution is 0.301. The summed E-state index contributed by atoms with van der Waals surface area (Å²) in [6.07, 6.45) is 2.93. The highest BCUT2D eigenvalue weighted by molar-refractivity contribution is 7.91. The largest absolute Gasteiger partial charge is 0.350 e. The Labute approximate surface area is 159 Å². The van der Waals surface area contributed by atoms with Crippen molar-refractivity contribution >= 4 is 32.3 Å². The van der Waals surface area contributed by atoms with Crippen molar-refractivity contribution < 1.29 is 8.42 Å². The van der Waals surface area contributed by atoms with E-state index in [1.807, 2.05) is 46.3 Å². The first kappa shape index (κ1) is 19.1. The highest BCUT2D eigenvalue weighted by Crippen LogP contribution is 2.29. The van der Waals surface area contributed by atoms with E-state index in [1.165, 1.54) is 11.3 Å². The third-order valence-electron chi connectivity index (χ3n) is 4.63. The molecule has 140 valence electrons. The van der Waals surface area contributed by atoms with Gasteiger partial charge in [-0.2, -0.15) is 0 Å². The lowest BCUT2D eigenvalue weighted by atomic mass is 10.1. The summed E-state index contributed by atoms with van der Waals surface area (Å²) in [5.41, 5.74) is 2.26. The second-order valence-corrected chi connectivity index (χ2v) is 9.78. The van der Waals surface area contributed by atoms with Crippen LogP contribution in [-0.2, 0) is 23.5 Å². The summed E-state index contributed by atoms with van der Waals surface area (Å²) in [7, 11) is 2.46. The maximum absolute atomic E-state index is 12.7. The number of hydrogen-bond donors (Lipinski definition) is 1. The number of fused-ring (bicyclic) bond motifs is 1. The van der Waals surface area contributed by atoms with Crippen LogP contribution < -0.4 is 4.72 Å². The van der Waals surface area contributed by atoms with Crippen LogP contribution in [0.4, 0.5) is 0 Å². The van der Waals surface area contributed by atoms with E-state index in [9.17, 15) is 8.42 Å². The fourth-order valence-corrected chi connectivity index (χ4v) is 5.54. The zero-order valence-corrected chi connectivity index (χ0v) is 17.2. The van der Waals surface area contributed by atoms with E-state index in [2.05, 4.69) is 32.5 Å². The summed E-state index contributed by atoms with van der Waals surface area (Å²) in [5, 5.41) is 1.15. The summed E-state index contributed by atoms with van der Waals surface area (Å²) < 4.78 is 30.6. The Kier molecular flexibility index (Phi) is 5.53. The molecule has 0 bridgehead atoms. The Morgan fingerprint density at radius 1 is 1.19 bits per heavy atom. The number of nitrogens with zero attached hydrogens (tertiary/aromatic N) is 2. The summed E-state index contributed by atoms with van der Waals surface area (Å²) >= 11 is 1.33. The van der Waals surface area contributed by atoms with Crippen LogP contribution in [-0.4, -0.2) is 38.5 Å².